The highest BCUT2D eigenvalue weighted by molar-refractivity contribution is 5.37. The summed E-state index contributed by atoms with van der Waals surface area (Å²) in [6.45, 7) is 4.49. The maximum atomic E-state index is 10.4. The number of aromatic nitrogens is 4. The van der Waals surface area contributed by atoms with Crippen molar-refractivity contribution in [3.05, 3.63) is 29.3 Å². The Hall–Kier alpha value is -2.02. The topological polar surface area (TPSA) is 97.0 Å². The van der Waals surface area contributed by atoms with Crippen LogP contribution in [-0.4, -0.2) is 37.9 Å². The minimum absolute atomic E-state index is 0.141. The number of aryl methyl sites for hydroxylation is 2. The first kappa shape index (κ1) is 15.5. The molecule has 0 aromatic carbocycles. The van der Waals surface area contributed by atoms with Gasteiger partial charge >= 0.3 is 0 Å². The highest BCUT2D eigenvalue weighted by Gasteiger charge is 2.36. The summed E-state index contributed by atoms with van der Waals surface area (Å²) in [7, 11) is 0. The van der Waals surface area contributed by atoms with E-state index in [1.807, 2.05) is 19.9 Å². The molecular weight excluding hydrogens is 306 g/mol. The predicted octanol–water partition coefficient (Wildman–Crippen LogP) is 2.32. The molecule has 2 saturated carbocycles. The minimum Gasteiger partial charge on any atom is -0.393 e. The third kappa shape index (κ3) is 3.26. The van der Waals surface area contributed by atoms with Gasteiger partial charge < -0.3 is 14.9 Å². The van der Waals surface area contributed by atoms with Crippen molar-refractivity contribution in [2.75, 3.05) is 11.9 Å². The number of anilines is 1. The molecule has 2 fully saturated rings. The number of aliphatic hydroxyl groups is 1. The minimum atomic E-state index is -0.361. The second-order valence-corrected chi connectivity index (χ2v) is 7.08. The molecule has 24 heavy (non-hydrogen) atoms. The third-order valence-electron chi connectivity index (χ3n) is 4.91. The van der Waals surface area contributed by atoms with Gasteiger partial charge in [-0.15, -0.1) is 0 Å². The van der Waals surface area contributed by atoms with Gasteiger partial charge in [0.2, 0.25) is 5.89 Å². The molecule has 4 rings (SSSR count). The fourth-order valence-electron chi connectivity index (χ4n) is 3.44. The van der Waals surface area contributed by atoms with Crippen LogP contribution in [0.4, 0.5) is 5.82 Å². The fourth-order valence-corrected chi connectivity index (χ4v) is 3.44. The number of nitrogens with one attached hydrogen (secondary N) is 1. The van der Waals surface area contributed by atoms with Gasteiger partial charge in [-0.2, -0.15) is 4.98 Å². The first-order valence-electron chi connectivity index (χ1n) is 8.66. The van der Waals surface area contributed by atoms with Crippen molar-refractivity contribution in [1.29, 1.82) is 0 Å². The van der Waals surface area contributed by atoms with Crippen LogP contribution >= 0.6 is 0 Å². The quantitative estimate of drug-likeness (QED) is 0.868. The van der Waals surface area contributed by atoms with Gasteiger partial charge in [0.1, 0.15) is 11.6 Å². The molecule has 2 heterocycles. The largest absolute Gasteiger partial charge is 0.393 e. The second-order valence-electron chi connectivity index (χ2n) is 7.08. The zero-order chi connectivity index (χ0) is 16.7. The Morgan fingerprint density at radius 2 is 2.00 bits per heavy atom. The van der Waals surface area contributed by atoms with E-state index in [2.05, 4.69) is 25.4 Å². The van der Waals surface area contributed by atoms with E-state index >= 15 is 0 Å². The number of rotatable bonds is 5. The number of aliphatic hydroxyl groups excluding tert-OH is 1. The summed E-state index contributed by atoms with van der Waals surface area (Å²) in [5.74, 6) is 3.92. The Bertz CT molecular complexity index is 728. The molecule has 2 aliphatic rings. The van der Waals surface area contributed by atoms with Gasteiger partial charge in [0.25, 0.3) is 0 Å². The molecule has 0 aliphatic heterocycles. The molecule has 128 valence electrons. The van der Waals surface area contributed by atoms with E-state index < -0.39 is 0 Å². The average molecular weight is 329 g/mol. The van der Waals surface area contributed by atoms with Crippen molar-refractivity contribution in [1.82, 2.24) is 20.1 Å². The first-order chi connectivity index (χ1) is 11.6. The molecule has 3 atom stereocenters. The molecule has 2 aromatic rings. The average Bonchev–Trinajstić information content (AvgIpc) is 3.21. The lowest BCUT2D eigenvalue weighted by Crippen LogP contribution is -2.22. The van der Waals surface area contributed by atoms with Crippen LogP contribution in [0.3, 0.4) is 0 Å². The Labute approximate surface area is 140 Å². The maximum absolute atomic E-state index is 10.4. The monoisotopic (exact) mass is 329 g/mol. The van der Waals surface area contributed by atoms with E-state index in [9.17, 15) is 5.11 Å². The first-order valence-corrected chi connectivity index (χ1v) is 8.66. The van der Waals surface area contributed by atoms with Crippen LogP contribution in [0.1, 0.15) is 60.8 Å². The Morgan fingerprint density at radius 3 is 2.71 bits per heavy atom. The summed E-state index contributed by atoms with van der Waals surface area (Å²) in [5.41, 5.74) is 0.987. The van der Waals surface area contributed by atoms with E-state index in [1.165, 1.54) is 12.8 Å². The summed E-state index contributed by atoms with van der Waals surface area (Å²) in [6.07, 6.45) is 3.53. The Kier molecular flexibility index (Phi) is 3.96. The number of hydrogen-bond acceptors (Lipinski definition) is 7. The molecule has 0 bridgehead atoms. The van der Waals surface area contributed by atoms with Gasteiger partial charge in [0, 0.05) is 36.1 Å². The van der Waals surface area contributed by atoms with Crippen LogP contribution in [0, 0.1) is 19.8 Å². The molecule has 0 amide bonds. The summed E-state index contributed by atoms with van der Waals surface area (Å²) in [6, 6.07) is 1.96. The fraction of sp³-hybridized carbons (Fsp3) is 0.647. The van der Waals surface area contributed by atoms with Crippen molar-refractivity contribution in [3.8, 4) is 0 Å². The van der Waals surface area contributed by atoms with Crippen LogP contribution in [-0.2, 0) is 0 Å². The van der Waals surface area contributed by atoms with E-state index in [4.69, 9.17) is 4.52 Å². The van der Waals surface area contributed by atoms with Crippen LogP contribution in [0.25, 0.3) is 0 Å². The van der Waals surface area contributed by atoms with Gasteiger partial charge in [0.15, 0.2) is 5.82 Å². The van der Waals surface area contributed by atoms with Gasteiger partial charge in [0.05, 0.1) is 6.10 Å². The van der Waals surface area contributed by atoms with Crippen molar-refractivity contribution in [2.45, 2.75) is 57.5 Å². The standard InChI is InChI=1S/C17H23N5O2/c1-9-5-15(21-16(19-9)11-3-4-11)18-8-13-6-12(7-14(13)23)17-20-10(2)22-24-17/h5,11-14,23H,3-4,6-8H2,1-2H3,(H,18,19,21)/t12-,13+,14+/m0/s1. The lowest BCUT2D eigenvalue weighted by atomic mass is 10.0. The van der Waals surface area contributed by atoms with Crippen molar-refractivity contribution >= 4 is 5.82 Å². The number of nitrogens with zero attached hydrogens (tertiary/aromatic N) is 4. The SMILES string of the molecule is Cc1cc(NC[C@H]2C[C@H](c3nc(C)no3)C[C@H]2O)nc(C2CC2)n1. The third-order valence-corrected chi connectivity index (χ3v) is 4.91. The molecule has 0 unspecified atom stereocenters. The summed E-state index contributed by atoms with van der Waals surface area (Å²) < 4.78 is 5.26. The molecule has 2 N–H and O–H groups in total. The summed E-state index contributed by atoms with van der Waals surface area (Å²) in [4.78, 5) is 13.4. The van der Waals surface area contributed by atoms with Crippen molar-refractivity contribution < 1.29 is 9.63 Å². The van der Waals surface area contributed by atoms with E-state index in [-0.39, 0.29) is 17.9 Å². The normalized spacial score (nSPS) is 26.7. The Balaban J connectivity index is 1.39. The van der Waals surface area contributed by atoms with Crippen LogP contribution in [0.2, 0.25) is 0 Å². The summed E-state index contributed by atoms with van der Waals surface area (Å²) >= 11 is 0. The smallest absolute Gasteiger partial charge is 0.229 e. The van der Waals surface area contributed by atoms with Gasteiger partial charge in [-0.05, 0) is 39.5 Å². The molecule has 2 aromatic heterocycles. The second kappa shape index (κ2) is 6.12. The van der Waals surface area contributed by atoms with Crippen LogP contribution in [0.15, 0.2) is 10.6 Å². The maximum Gasteiger partial charge on any atom is 0.229 e. The highest BCUT2D eigenvalue weighted by Crippen LogP contribution is 2.39. The molecule has 7 nitrogen and oxygen atoms in total. The van der Waals surface area contributed by atoms with Gasteiger partial charge in [-0.25, -0.2) is 9.97 Å². The van der Waals surface area contributed by atoms with Crippen LogP contribution in [0.5, 0.6) is 0 Å². The van der Waals surface area contributed by atoms with E-state index in [0.29, 0.717) is 30.6 Å². The van der Waals surface area contributed by atoms with Gasteiger partial charge in [-0.1, -0.05) is 5.16 Å². The zero-order valence-electron chi connectivity index (χ0n) is 14.1. The predicted molar refractivity (Wildman–Crippen MR) is 87.7 cm³/mol. The molecular formula is C17H23N5O2. The molecule has 0 radical (unpaired) electrons. The molecule has 0 saturated heterocycles. The Morgan fingerprint density at radius 1 is 1.17 bits per heavy atom. The van der Waals surface area contributed by atoms with Crippen molar-refractivity contribution in [2.24, 2.45) is 5.92 Å². The molecule has 2 aliphatic carbocycles. The zero-order valence-corrected chi connectivity index (χ0v) is 14.1. The lowest BCUT2D eigenvalue weighted by molar-refractivity contribution is 0.137. The number of hydrogen-bond donors (Lipinski definition) is 2. The highest BCUT2D eigenvalue weighted by atomic mass is 16.5. The van der Waals surface area contributed by atoms with E-state index in [1.54, 1.807) is 0 Å². The molecule has 7 heteroatoms. The summed E-state index contributed by atoms with van der Waals surface area (Å²) in [5, 5.41) is 17.6. The van der Waals surface area contributed by atoms with Crippen LogP contribution < -0.4 is 5.32 Å². The van der Waals surface area contributed by atoms with Crippen molar-refractivity contribution in [3.63, 3.8) is 0 Å². The van der Waals surface area contributed by atoms with E-state index in [0.717, 1.165) is 23.8 Å². The molecule has 0 spiro atoms. The lowest BCUT2D eigenvalue weighted by Gasteiger charge is -2.16. The van der Waals surface area contributed by atoms with Gasteiger partial charge in [-0.3, -0.25) is 0 Å².